The van der Waals surface area contributed by atoms with E-state index in [-0.39, 0.29) is 0 Å². The predicted octanol–water partition coefficient (Wildman–Crippen LogP) is 4.61. The molecule has 1 saturated heterocycles. The number of hydrogen-bond donors (Lipinski definition) is 1. The van der Waals surface area contributed by atoms with Gasteiger partial charge in [0, 0.05) is 29.7 Å². The Bertz CT molecular complexity index is 625. The van der Waals surface area contributed by atoms with E-state index in [1.54, 1.807) is 0 Å². The molecular formula is C19H22Cl2N2. The van der Waals surface area contributed by atoms with Crippen LogP contribution in [0.3, 0.4) is 0 Å². The molecule has 3 rings (SSSR count). The summed E-state index contributed by atoms with van der Waals surface area (Å²) in [4.78, 5) is 2.49. The van der Waals surface area contributed by atoms with Crippen LogP contribution in [-0.2, 0) is 13.1 Å². The molecule has 1 fully saturated rings. The molecule has 2 nitrogen and oxygen atoms in total. The van der Waals surface area contributed by atoms with E-state index in [9.17, 15) is 0 Å². The number of halogens is 2. The van der Waals surface area contributed by atoms with E-state index in [2.05, 4.69) is 40.5 Å². The molecule has 1 heterocycles. The third kappa shape index (κ3) is 4.95. The maximum atomic E-state index is 6.37. The fourth-order valence-corrected chi connectivity index (χ4v) is 3.62. The highest BCUT2D eigenvalue weighted by Gasteiger charge is 2.19. The second-order valence-electron chi connectivity index (χ2n) is 6.25. The first kappa shape index (κ1) is 16.8. The lowest BCUT2D eigenvalue weighted by atomic mass is 10.1. The lowest BCUT2D eigenvalue weighted by Crippen LogP contribution is -2.30. The van der Waals surface area contributed by atoms with Crippen LogP contribution in [-0.4, -0.2) is 24.5 Å². The van der Waals surface area contributed by atoms with Crippen molar-refractivity contribution in [2.45, 2.75) is 19.5 Å². The van der Waals surface area contributed by atoms with Gasteiger partial charge in [-0.3, -0.25) is 4.90 Å². The smallest absolute Gasteiger partial charge is 0.0465 e. The van der Waals surface area contributed by atoms with Crippen molar-refractivity contribution in [2.75, 3.05) is 19.6 Å². The standard InChI is InChI=1S/C19H22Cl2N2/c20-18-7-6-17(19(21)10-18)14-23(13-16-8-9-22-11-16)12-15-4-2-1-3-5-15/h1-7,10,16,22H,8-9,11-14H2/t16-/m0/s1. The van der Waals surface area contributed by atoms with Crippen LogP contribution in [0, 0.1) is 5.92 Å². The molecule has 1 atom stereocenters. The largest absolute Gasteiger partial charge is 0.316 e. The van der Waals surface area contributed by atoms with Gasteiger partial charge in [0.05, 0.1) is 0 Å². The fraction of sp³-hybridized carbons (Fsp3) is 0.368. The molecule has 0 aliphatic carbocycles. The van der Waals surface area contributed by atoms with Gasteiger partial charge in [-0.1, -0.05) is 59.6 Å². The van der Waals surface area contributed by atoms with E-state index in [1.165, 1.54) is 12.0 Å². The Labute approximate surface area is 148 Å². The number of rotatable bonds is 6. The molecule has 1 N–H and O–H groups in total. The van der Waals surface area contributed by atoms with E-state index in [0.717, 1.165) is 43.3 Å². The number of hydrogen-bond acceptors (Lipinski definition) is 2. The van der Waals surface area contributed by atoms with Crippen LogP contribution >= 0.6 is 23.2 Å². The number of nitrogens with zero attached hydrogens (tertiary/aromatic N) is 1. The van der Waals surface area contributed by atoms with Crippen LogP contribution in [0.15, 0.2) is 48.5 Å². The van der Waals surface area contributed by atoms with Crippen molar-refractivity contribution >= 4 is 23.2 Å². The summed E-state index contributed by atoms with van der Waals surface area (Å²) in [5.74, 6) is 0.713. The quantitative estimate of drug-likeness (QED) is 0.820. The summed E-state index contributed by atoms with van der Waals surface area (Å²) in [5, 5.41) is 4.89. The summed E-state index contributed by atoms with van der Waals surface area (Å²) < 4.78 is 0. The van der Waals surface area contributed by atoms with Gasteiger partial charge in [-0.2, -0.15) is 0 Å². The van der Waals surface area contributed by atoms with Crippen molar-refractivity contribution in [1.82, 2.24) is 10.2 Å². The average Bonchev–Trinajstić information content (AvgIpc) is 3.04. The fourth-order valence-electron chi connectivity index (χ4n) is 3.15. The van der Waals surface area contributed by atoms with Gasteiger partial charge >= 0.3 is 0 Å². The first-order valence-electron chi connectivity index (χ1n) is 8.11. The van der Waals surface area contributed by atoms with Crippen molar-refractivity contribution in [2.24, 2.45) is 5.92 Å². The second kappa shape index (κ2) is 8.16. The topological polar surface area (TPSA) is 15.3 Å². The summed E-state index contributed by atoms with van der Waals surface area (Å²) in [6.07, 6.45) is 1.25. The third-order valence-electron chi connectivity index (χ3n) is 4.34. The van der Waals surface area contributed by atoms with E-state index in [1.807, 2.05) is 18.2 Å². The summed E-state index contributed by atoms with van der Waals surface area (Å²) in [6.45, 7) is 5.11. The van der Waals surface area contributed by atoms with Crippen LogP contribution in [0.5, 0.6) is 0 Å². The van der Waals surface area contributed by atoms with E-state index < -0.39 is 0 Å². The summed E-state index contributed by atoms with van der Waals surface area (Å²) in [7, 11) is 0. The molecule has 0 saturated carbocycles. The minimum absolute atomic E-state index is 0.688. The lowest BCUT2D eigenvalue weighted by Gasteiger charge is -2.26. The SMILES string of the molecule is Clc1ccc(CN(Cc2ccccc2)C[C@H]2CCNC2)c(Cl)c1. The summed E-state index contributed by atoms with van der Waals surface area (Å²) in [5.41, 5.74) is 2.47. The third-order valence-corrected chi connectivity index (χ3v) is 4.92. The Morgan fingerprint density at radius 3 is 2.57 bits per heavy atom. The summed E-state index contributed by atoms with van der Waals surface area (Å²) in [6, 6.07) is 16.4. The molecule has 23 heavy (non-hydrogen) atoms. The Kier molecular flexibility index (Phi) is 5.96. The Morgan fingerprint density at radius 1 is 1.04 bits per heavy atom. The maximum absolute atomic E-state index is 6.37. The van der Waals surface area contributed by atoms with Crippen LogP contribution < -0.4 is 5.32 Å². The van der Waals surface area contributed by atoms with Gasteiger partial charge < -0.3 is 5.32 Å². The van der Waals surface area contributed by atoms with Crippen LogP contribution in [0.25, 0.3) is 0 Å². The predicted molar refractivity (Wildman–Crippen MR) is 98.0 cm³/mol. The molecule has 0 spiro atoms. The van der Waals surface area contributed by atoms with E-state index in [4.69, 9.17) is 23.2 Å². The van der Waals surface area contributed by atoms with Gasteiger partial charge in [-0.25, -0.2) is 0 Å². The first-order valence-corrected chi connectivity index (χ1v) is 8.87. The number of benzene rings is 2. The molecule has 2 aromatic carbocycles. The average molecular weight is 349 g/mol. The maximum Gasteiger partial charge on any atom is 0.0465 e. The summed E-state index contributed by atoms with van der Waals surface area (Å²) >= 11 is 12.4. The first-order chi connectivity index (χ1) is 11.2. The minimum Gasteiger partial charge on any atom is -0.316 e. The zero-order valence-electron chi connectivity index (χ0n) is 13.1. The van der Waals surface area contributed by atoms with Gasteiger partial charge in [0.15, 0.2) is 0 Å². The van der Waals surface area contributed by atoms with Crippen molar-refractivity contribution in [3.05, 3.63) is 69.7 Å². The highest BCUT2D eigenvalue weighted by atomic mass is 35.5. The van der Waals surface area contributed by atoms with Crippen LogP contribution in [0.4, 0.5) is 0 Å². The van der Waals surface area contributed by atoms with Gasteiger partial charge in [-0.05, 0) is 48.7 Å². The molecule has 1 aliphatic rings. The van der Waals surface area contributed by atoms with Crippen molar-refractivity contribution in [1.29, 1.82) is 0 Å². The molecule has 2 aromatic rings. The van der Waals surface area contributed by atoms with Gasteiger partial charge in [0.2, 0.25) is 0 Å². The van der Waals surface area contributed by atoms with Crippen LogP contribution in [0.1, 0.15) is 17.5 Å². The van der Waals surface area contributed by atoms with Gasteiger partial charge in [-0.15, -0.1) is 0 Å². The normalized spacial score (nSPS) is 17.8. The van der Waals surface area contributed by atoms with E-state index in [0.29, 0.717) is 10.9 Å². The van der Waals surface area contributed by atoms with Crippen molar-refractivity contribution in [3.8, 4) is 0 Å². The molecule has 0 bridgehead atoms. The molecule has 122 valence electrons. The number of nitrogens with one attached hydrogen (secondary N) is 1. The Morgan fingerprint density at radius 2 is 1.87 bits per heavy atom. The Balaban J connectivity index is 1.73. The monoisotopic (exact) mass is 348 g/mol. The molecule has 0 radical (unpaired) electrons. The van der Waals surface area contributed by atoms with Gasteiger partial charge in [0.1, 0.15) is 0 Å². The highest BCUT2D eigenvalue weighted by Crippen LogP contribution is 2.24. The zero-order valence-corrected chi connectivity index (χ0v) is 14.7. The molecule has 1 aliphatic heterocycles. The molecule has 0 unspecified atom stereocenters. The van der Waals surface area contributed by atoms with Crippen molar-refractivity contribution in [3.63, 3.8) is 0 Å². The molecule has 0 aromatic heterocycles. The molecular weight excluding hydrogens is 327 g/mol. The van der Waals surface area contributed by atoms with Gasteiger partial charge in [0.25, 0.3) is 0 Å². The highest BCUT2D eigenvalue weighted by molar-refractivity contribution is 6.35. The molecule has 0 amide bonds. The Hall–Kier alpha value is -1.06. The van der Waals surface area contributed by atoms with Crippen molar-refractivity contribution < 1.29 is 0 Å². The second-order valence-corrected chi connectivity index (χ2v) is 7.09. The van der Waals surface area contributed by atoms with E-state index >= 15 is 0 Å². The lowest BCUT2D eigenvalue weighted by molar-refractivity contribution is 0.221. The zero-order chi connectivity index (χ0) is 16.1. The molecule has 4 heteroatoms. The minimum atomic E-state index is 0.688. The van der Waals surface area contributed by atoms with Crippen LogP contribution in [0.2, 0.25) is 10.0 Å².